The summed E-state index contributed by atoms with van der Waals surface area (Å²) in [6, 6.07) is 16.3. The number of benzene rings is 2. The first-order valence-corrected chi connectivity index (χ1v) is 7.76. The summed E-state index contributed by atoms with van der Waals surface area (Å²) in [5.74, 6) is -0.907. The van der Waals surface area contributed by atoms with E-state index in [1.165, 1.54) is 17.3 Å². The molecule has 0 saturated heterocycles. The molecule has 1 aromatic heterocycles. The Morgan fingerprint density at radius 2 is 1.83 bits per heavy atom. The van der Waals surface area contributed by atoms with E-state index in [0.717, 1.165) is 40.4 Å². The summed E-state index contributed by atoms with van der Waals surface area (Å²) in [7, 11) is 2.07. The van der Waals surface area contributed by atoms with Crippen molar-refractivity contribution in [3.8, 4) is 0 Å². The molecule has 3 aromatic rings. The minimum absolute atomic E-state index is 0.817. The van der Waals surface area contributed by atoms with Crippen LogP contribution in [0.4, 0.5) is 0 Å². The lowest BCUT2D eigenvalue weighted by Gasteiger charge is -2.09. The van der Waals surface area contributed by atoms with E-state index in [0.29, 0.717) is 0 Å². The van der Waals surface area contributed by atoms with E-state index in [2.05, 4.69) is 29.8 Å². The van der Waals surface area contributed by atoms with E-state index in [9.17, 15) is 9.90 Å². The third-order valence-corrected chi connectivity index (χ3v) is 4.70. The first-order valence-electron chi connectivity index (χ1n) is 7.76. The van der Waals surface area contributed by atoms with Gasteiger partial charge in [-0.1, -0.05) is 42.5 Å². The Morgan fingerprint density at radius 1 is 1.09 bits per heavy atom. The van der Waals surface area contributed by atoms with Gasteiger partial charge >= 0.3 is 5.97 Å². The molecule has 3 heteroatoms. The Balaban J connectivity index is 2.13. The van der Waals surface area contributed by atoms with Crippen molar-refractivity contribution in [1.29, 1.82) is 0 Å². The van der Waals surface area contributed by atoms with E-state index in [4.69, 9.17) is 0 Å². The highest BCUT2D eigenvalue weighted by molar-refractivity contribution is 6.04. The first kappa shape index (κ1) is 13.8. The number of rotatable bonds is 1. The van der Waals surface area contributed by atoms with Crippen LogP contribution in [0.15, 0.2) is 54.6 Å². The maximum Gasteiger partial charge on any atom is 0.328 e. The van der Waals surface area contributed by atoms with Crippen LogP contribution >= 0.6 is 0 Å². The molecule has 114 valence electrons. The van der Waals surface area contributed by atoms with Crippen LogP contribution in [0.2, 0.25) is 0 Å². The Labute approximate surface area is 134 Å². The van der Waals surface area contributed by atoms with E-state index in [1.54, 1.807) is 0 Å². The van der Waals surface area contributed by atoms with Crippen molar-refractivity contribution >= 4 is 22.4 Å². The molecule has 0 amide bonds. The van der Waals surface area contributed by atoms with Gasteiger partial charge in [-0.05, 0) is 35.6 Å². The zero-order chi connectivity index (χ0) is 16.0. The summed E-state index contributed by atoms with van der Waals surface area (Å²) in [6.07, 6.45) is 3.19. The van der Waals surface area contributed by atoms with Gasteiger partial charge in [0.05, 0.1) is 0 Å². The number of para-hydroxylation sites is 1. The van der Waals surface area contributed by atoms with Crippen molar-refractivity contribution in [2.45, 2.75) is 12.8 Å². The van der Waals surface area contributed by atoms with Gasteiger partial charge in [0, 0.05) is 35.3 Å². The number of fused-ring (bicyclic) bond motifs is 4. The molecule has 1 heterocycles. The van der Waals surface area contributed by atoms with Crippen LogP contribution < -0.4 is 0 Å². The van der Waals surface area contributed by atoms with E-state index < -0.39 is 5.97 Å². The van der Waals surface area contributed by atoms with E-state index in [1.807, 2.05) is 30.3 Å². The number of aryl methyl sites for hydroxylation is 2. The molecule has 1 aliphatic carbocycles. The standard InChI is InChI=1S/C20H17NO2/c1-21-17-9-5-4-8-15(17)20-16(12-19(22)23)14-7-3-2-6-13(14)10-11-18(20)21/h2-9,12H,10-11H2,1H3,(H,22,23)/b16-12-. The molecule has 1 aliphatic rings. The molecule has 0 radical (unpaired) electrons. The molecule has 2 aromatic carbocycles. The maximum atomic E-state index is 11.5. The predicted octanol–water partition coefficient (Wildman–Crippen LogP) is 3.79. The Kier molecular flexibility index (Phi) is 3.08. The molecule has 0 bridgehead atoms. The van der Waals surface area contributed by atoms with Gasteiger partial charge in [-0.25, -0.2) is 4.79 Å². The summed E-state index contributed by atoms with van der Waals surface area (Å²) in [5, 5.41) is 10.5. The minimum Gasteiger partial charge on any atom is -0.478 e. The van der Waals surface area contributed by atoms with Gasteiger partial charge in [-0.15, -0.1) is 0 Å². The van der Waals surface area contributed by atoms with Gasteiger partial charge in [0.25, 0.3) is 0 Å². The minimum atomic E-state index is -0.907. The Bertz CT molecular complexity index is 963. The lowest BCUT2D eigenvalue weighted by atomic mass is 9.94. The second-order valence-corrected chi connectivity index (χ2v) is 5.95. The molecule has 4 rings (SSSR count). The smallest absolute Gasteiger partial charge is 0.328 e. The quantitative estimate of drug-likeness (QED) is 0.695. The number of hydrogen-bond donors (Lipinski definition) is 1. The monoisotopic (exact) mass is 303 g/mol. The summed E-state index contributed by atoms with van der Waals surface area (Å²) in [5.41, 5.74) is 6.47. The highest BCUT2D eigenvalue weighted by Gasteiger charge is 2.24. The summed E-state index contributed by atoms with van der Waals surface area (Å²) in [4.78, 5) is 11.5. The molecule has 1 N–H and O–H groups in total. The van der Waals surface area contributed by atoms with Crippen molar-refractivity contribution in [3.05, 3.63) is 77.0 Å². The normalized spacial score (nSPS) is 15.3. The predicted molar refractivity (Wildman–Crippen MR) is 91.5 cm³/mol. The van der Waals surface area contributed by atoms with Gasteiger partial charge in [-0.3, -0.25) is 0 Å². The zero-order valence-corrected chi connectivity index (χ0v) is 12.9. The molecule has 3 nitrogen and oxygen atoms in total. The Hall–Kier alpha value is -2.81. The molecule has 0 aliphatic heterocycles. The lowest BCUT2D eigenvalue weighted by molar-refractivity contribution is -0.131. The van der Waals surface area contributed by atoms with Gasteiger partial charge < -0.3 is 9.67 Å². The highest BCUT2D eigenvalue weighted by atomic mass is 16.4. The summed E-state index contributed by atoms with van der Waals surface area (Å²) >= 11 is 0. The van der Waals surface area contributed by atoms with Crippen molar-refractivity contribution in [2.75, 3.05) is 0 Å². The lowest BCUT2D eigenvalue weighted by Crippen LogP contribution is -1.99. The van der Waals surface area contributed by atoms with E-state index in [-0.39, 0.29) is 0 Å². The number of aromatic nitrogens is 1. The number of carbonyl (C=O) groups is 1. The number of carboxylic acid groups (broad SMARTS) is 1. The molecular formula is C20H17NO2. The van der Waals surface area contributed by atoms with Crippen LogP contribution in [0.25, 0.3) is 16.5 Å². The average molecular weight is 303 g/mol. The largest absolute Gasteiger partial charge is 0.478 e. The molecular weight excluding hydrogens is 286 g/mol. The van der Waals surface area contributed by atoms with Crippen LogP contribution in [-0.4, -0.2) is 15.6 Å². The van der Waals surface area contributed by atoms with Crippen LogP contribution in [0, 0.1) is 0 Å². The van der Waals surface area contributed by atoms with Crippen molar-refractivity contribution in [2.24, 2.45) is 7.05 Å². The van der Waals surface area contributed by atoms with Crippen LogP contribution in [-0.2, 0) is 24.7 Å². The van der Waals surface area contributed by atoms with Crippen LogP contribution in [0.5, 0.6) is 0 Å². The molecule has 0 atom stereocenters. The first-order chi connectivity index (χ1) is 11.2. The maximum absolute atomic E-state index is 11.5. The van der Waals surface area contributed by atoms with Crippen LogP contribution in [0.1, 0.15) is 22.4 Å². The number of carboxylic acids is 1. The third kappa shape index (κ3) is 2.08. The summed E-state index contributed by atoms with van der Waals surface area (Å²) < 4.78 is 2.20. The Morgan fingerprint density at radius 3 is 2.65 bits per heavy atom. The fourth-order valence-corrected chi connectivity index (χ4v) is 3.70. The average Bonchev–Trinajstić information content (AvgIpc) is 2.73. The van der Waals surface area contributed by atoms with Crippen molar-refractivity contribution in [3.63, 3.8) is 0 Å². The molecule has 0 unspecified atom stereocenters. The molecule has 0 fully saturated rings. The van der Waals surface area contributed by atoms with Gasteiger partial charge in [-0.2, -0.15) is 0 Å². The molecule has 0 spiro atoms. The third-order valence-electron chi connectivity index (χ3n) is 4.70. The molecule has 23 heavy (non-hydrogen) atoms. The van der Waals surface area contributed by atoms with Gasteiger partial charge in [0.1, 0.15) is 0 Å². The van der Waals surface area contributed by atoms with E-state index >= 15 is 0 Å². The highest BCUT2D eigenvalue weighted by Crippen LogP contribution is 2.39. The summed E-state index contributed by atoms with van der Waals surface area (Å²) in [6.45, 7) is 0. The van der Waals surface area contributed by atoms with Gasteiger partial charge in [0.2, 0.25) is 0 Å². The van der Waals surface area contributed by atoms with Crippen molar-refractivity contribution in [1.82, 2.24) is 4.57 Å². The topological polar surface area (TPSA) is 42.2 Å². The fraction of sp³-hybridized carbons (Fsp3) is 0.150. The second-order valence-electron chi connectivity index (χ2n) is 5.95. The fourth-order valence-electron chi connectivity index (χ4n) is 3.70. The second kappa shape index (κ2) is 5.13. The SMILES string of the molecule is Cn1c2c(c3ccccc31)/C(=C\C(=O)O)c1ccccc1CC2. The number of aliphatic carboxylic acids is 1. The number of hydrogen-bond acceptors (Lipinski definition) is 1. The van der Waals surface area contributed by atoms with Crippen molar-refractivity contribution < 1.29 is 9.90 Å². The molecule has 0 saturated carbocycles. The number of nitrogens with zero attached hydrogens (tertiary/aromatic N) is 1. The van der Waals surface area contributed by atoms with Crippen LogP contribution in [0.3, 0.4) is 0 Å². The van der Waals surface area contributed by atoms with Gasteiger partial charge in [0.15, 0.2) is 0 Å². The zero-order valence-electron chi connectivity index (χ0n) is 12.9.